The van der Waals surface area contributed by atoms with Crippen LogP contribution in [0.15, 0.2) is 21.5 Å². The van der Waals surface area contributed by atoms with Crippen LogP contribution in [0.4, 0.5) is 0 Å². The smallest absolute Gasteiger partial charge is 0.245 e. The Kier molecular flexibility index (Phi) is 5.56. The summed E-state index contributed by atoms with van der Waals surface area (Å²) >= 11 is 3.33. The van der Waals surface area contributed by atoms with Crippen LogP contribution in [0.5, 0.6) is 0 Å². The first kappa shape index (κ1) is 16.2. The maximum Gasteiger partial charge on any atom is 0.245 e. The van der Waals surface area contributed by atoms with Crippen LogP contribution in [0.2, 0.25) is 0 Å². The normalized spacial score (nSPS) is 11.6. The number of hydrogen-bond acceptors (Lipinski definition) is 3. The van der Waals surface area contributed by atoms with Crippen molar-refractivity contribution in [3.63, 3.8) is 0 Å². The maximum atomic E-state index is 12.6. The van der Waals surface area contributed by atoms with E-state index in [1.54, 1.807) is 13.0 Å². The Hall–Kier alpha value is -0.870. The lowest BCUT2D eigenvalue weighted by Crippen LogP contribution is -2.31. The second kappa shape index (κ2) is 6.53. The molecule has 0 atom stereocenters. The molecule has 0 saturated heterocycles. The molecule has 6 heteroatoms. The van der Waals surface area contributed by atoms with Crippen LogP contribution < -0.4 is 5.73 Å². The Labute approximate surface area is 123 Å². The Morgan fingerprint density at radius 1 is 1.47 bits per heavy atom. The molecule has 19 heavy (non-hydrogen) atoms. The molecule has 4 nitrogen and oxygen atoms in total. The van der Waals surface area contributed by atoms with Crippen LogP contribution in [0.1, 0.15) is 18.1 Å². The molecule has 0 aliphatic carbocycles. The van der Waals surface area contributed by atoms with E-state index in [1.165, 1.54) is 4.31 Å². The molecule has 0 aromatic heterocycles. The quantitative estimate of drug-likeness (QED) is 0.829. The number of sulfonamides is 1. The van der Waals surface area contributed by atoms with E-state index in [1.807, 2.05) is 13.0 Å². The van der Waals surface area contributed by atoms with Crippen molar-refractivity contribution in [3.8, 4) is 12.3 Å². The summed E-state index contributed by atoms with van der Waals surface area (Å²) in [6.45, 7) is 4.25. The lowest BCUT2D eigenvalue weighted by Gasteiger charge is -2.20. The van der Waals surface area contributed by atoms with Gasteiger partial charge in [0, 0.05) is 17.6 Å². The average molecular weight is 345 g/mol. The molecular formula is C13H17BrN2O2S. The summed E-state index contributed by atoms with van der Waals surface area (Å²) in [5.41, 5.74) is 7.20. The molecule has 0 spiro atoms. The van der Waals surface area contributed by atoms with Crippen molar-refractivity contribution in [1.29, 1.82) is 0 Å². The molecule has 1 aromatic carbocycles. The van der Waals surface area contributed by atoms with Crippen molar-refractivity contribution < 1.29 is 8.42 Å². The lowest BCUT2D eigenvalue weighted by atomic mass is 10.1. The number of terminal acetylenes is 1. The van der Waals surface area contributed by atoms with Crippen molar-refractivity contribution in [2.45, 2.75) is 25.3 Å². The van der Waals surface area contributed by atoms with Gasteiger partial charge in [-0.15, -0.1) is 6.42 Å². The van der Waals surface area contributed by atoms with E-state index >= 15 is 0 Å². The topological polar surface area (TPSA) is 63.4 Å². The van der Waals surface area contributed by atoms with Crippen LogP contribution in [0.25, 0.3) is 0 Å². The second-order valence-electron chi connectivity index (χ2n) is 4.06. The molecule has 0 saturated carbocycles. The van der Waals surface area contributed by atoms with Gasteiger partial charge in [0.15, 0.2) is 0 Å². The van der Waals surface area contributed by atoms with Crippen molar-refractivity contribution in [2.75, 3.05) is 13.1 Å². The van der Waals surface area contributed by atoms with Crippen molar-refractivity contribution >= 4 is 26.0 Å². The van der Waals surface area contributed by atoms with Crippen LogP contribution >= 0.6 is 15.9 Å². The molecule has 0 fully saturated rings. The summed E-state index contributed by atoms with van der Waals surface area (Å²) in [6, 6.07) is 3.45. The van der Waals surface area contributed by atoms with Gasteiger partial charge in [0.05, 0.1) is 11.4 Å². The average Bonchev–Trinajstić information content (AvgIpc) is 2.38. The van der Waals surface area contributed by atoms with Gasteiger partial charge >= 0.3 is 0 Å². The standard InChI is InChI=1S/C13H17BrN2O2S/c1-4-6-16(5-2)19(17,18)12-8-11(9-15)7-10(3)13(12)14/h1,7-8H,5-6,9,15H2,2-3H3. The third-order valence-electron chi connectivity index (χ3n) is 2.75. The van der Waals surface area contributed by atoms with Crippen molar-refractivity contribution in [1.82, 2.24) is 4.31 Å². The zero-order valence-corrected chi connectivity index (χ0v) is 13.4. The summed E-state index contributed by atoms with van der Waals surface area (Å²) in [5, 5.41) is 0. The van der Waals surface area contributed by atoms with Crippen LogP contribution in [-0.2, 0) is 16.6 Å². The molecular weight excluding hydrogens is 328 g/mol. The molecule has 0 aliphatic heterocycles. The Morgan fingerprint density at radius 2 is 2.11 bits per heavy atom. The summed E-state index contributed by atoms with van der Waals surface area (Å²) < 4.78 is 26.9. The van der Waals surface area contributed by atoms with Gasteiger partial charge in [0.2, 0.25) is 10.0 Å². The van der Waals surface area contributed by atoms with Gasteiger partial charge in [-0.05, 0) is 40.0 Å². The molecule has 2 N–H and O–H groups in total. The maximum absolute atomic E-state index is 12.6. The molecule has 1 rings (SSSR count). The zero-order chi connectivity index (χ0) is 14.6. The van der Waals surface area contributed by atoms with Gasteiger partial charge in [-0.3, -0.25) is 0 Å². The first-order chi connectivity index (χ1) is 8.88. The van der Waals surface area contributed by atoms with Crippen LogP contribution in [-0.4, -0.2) is 25.8 Å². The van der Waals surface area contributed by atoms with Gasteiger partial charge in [0.25, 0.3) is 0 Å². The third kappa shape index (κ3) is 3.37. The molecule has 104 valence electrons. The summed E-state index contributed by atoms with van der Waals surface area (Å²) in [4.78, 5) is 0.213. The Balaban J connectivity index is 3.44. The number of benzene rings is 1. The van der Waals surface area contributed by atoms with Crippen LogP contribution in [0.3, 0.4) is 0 Å². The number of hydrogen-bond donors (Lipinski definition) is 1. The van der Waals surface area contributed by atoms with Gasteiger partial charge < -0.3 is 5.73 Å². The molecule has 0 aliphatic rings. The fourth-order valence-corrected chi connectivity index (χ4v) is 4.12. The van der Waals surface area contributed by atoms with Gasteiger partial charge in [0.1, 0.15) is 0 Å². The van der Waals surface area contributed by atoms with E-state index in [4.69, 9.17) is 12.2 Å². The summed E-state index contributed by atoms with van der Waals surface area (Å²) in [7, 11) is -3.61. The summed E-state index contributed by atoms with van der Waals surface area (Å²) in [6.07, 6.45) is 5.22. The molecule has 0 amide bonds. The van der Waals surface area contributed by atoms with E-state index < -0.39 is 10.0 Å². The van der Waals surface area contributed by atoms with Gasteiger partial charge in [-0.2, -0.15) is 4.31 Å². The lowest BCUT2D eigenvalue weighted by molar-refractivity contribution is 0.463. The van der Waals surface area contributed by atoms with E-state index in [-0.39, 0.29) is 18.0 Å². The predicted octanol–water partition coefficient (Wildman–Crippen LogP) is 1.86. The minimum Gasteiger partial charge on any atom is -0.326 e. The number of aryl methyl sites for hydroxylation is 1. The Morgan fingerprint density at radius 3 is 2.58 bits per heavy atom. The highest BCUT2D eigenvalue weighted by Crippen LogP contribution is 2.29. The monoisotopic (exact) mass is 344 g/mol. The van der Waals surface area contributed by atoms with E-state index in [9.17, 15) is 8.42 Å². The highest BCUT2D eigenvalue weighted by molar-refractivity contribution is 9.10. The highest BCUT2D eigenvalue weighted by Gasteiger charge is 2.25. The van der Waals surface area contributed by atoms with E-state index in [0.29, 0.717) is 11.0 Å². The molecule has 1 aromatic rings. The molecule has 0 bridgehead atoms. The third-order valence-corrected chi connectivity index (χ3v) is 6.01. The number of nitrogens with zero attached hydrogens (tertiary/aromatic N) is 1. The summed E-state index contributed by atoms with van der Waals surface area (Å²) in [5.74, 6) is 2.36. The number of rotatable bonds is 5. The first-order valence-electron chi connectivity index (χ1n) is 5.81. The van der Waals surface area contributed by atoms with E-state index in [0.717, 1.165) is 11.1 Å². The SMILES string of the molecule is C#CCN(CC)S(=O)(=O)c1cc(CN)cc(C)c1Br. The fraction of sp³-hybridized carbons (Fsp3) is 0.385. The van der Waals surface area contributed by atoms with E-state index in [2.05, 4.69) is 21.9 Å². The molecule has 0 heterocycles. The number of halogens is 1. The first-order valence-corrected chi connectivity index (χ1v) is 8.04. The van der Waals surface area contributed by atoms with Crippen LogP contribution in [0, 0.1) is 19.3 Å². The predicted molar refractivity (Wildman–Crippen MR) is 80.0 cm³/mol. The molecule has 0 unspecified atom stereocenters. The minimum atomic E-state index is -3.61. The van der Waals surface area contributed by atoms with Crippen molar-refractivity contribution in [3.05, 3.63) is 27.7 Å². The fourth-order valence-electron chi connectivity index (χ4n) is 1.72. The molecule has 0 radical (unpaired) electrons. The zero-order valence-electron chi connectivity index (χ0n) is 11.0. The second-order valence-corrected chi connectivity index (χ2v) is 6.76. The Bertz CT molecular complexity index is 606. The number of nitrogens with two attached hydrogens (primary N) is 1. The largest absolute Gasteiger partial charge is 0.326 e. The highest BCUT2D eigenvalue weighted by atomic mass is 79.9. The van der Waals surface area contributed by atoms with Crippen molar-refractivity contribution in [2.24, 2.45) is 5.73 Å². The van der Waals surface area contributed by atoms with Gasteiger partial charge in [-0.1, -0.05) is 18.9 Å². The van der Waals surface area contributed by atoms with Gasteiger partial charge in [-0.25, -0.2) is 8.42 Å². The minimum absolute atomic E-state index is 0.0528.